The first-order valence-electron chi connectivity index (χ1n) is 5.80. The van der Waals surface area contributed by atoms with Crippen molar-refractivity contribution in [1.29, 1.82) is 0 Å². The number of halogens is 3. The van der Waals surface area contributed by atoms with Crippen molar-refractivity contribution in [2.75, 3.05) is 6.16 Å². The van der Waals surface area contributed by atoms with Crippen LogP contribution < -0.4 is 9.79 Å². The van der Waals surface area contributed by atoms with E-state index >= 15 is 0 Å². The molecule has 7 heteroatoms. The van der Waals surface area contributed by atoms with Gasteiger partial charge in [-0.3, -0.25) is 0 Å². The number of benzene rings is 1. The highest BCUT2D eigenvalue weighted by Crippen LogP contribution is 2.35. The summed E-state index contributed by atoms with van der Waals surface area (Å²) in [7, 11) is -4.65. The van der Waals surface area contributed by atoms with Crippen molar-refractivity contribution in [3.63, 3.8) is 0 Å². The number of hydrogen-bond acceptors (Lipinski definition) is 3. The first-order valence-corrected chi connectivity index (χ1v) is 7.53. The van der Waals surface area contributed by atoms with Gasteiger partial charge in [-0.25, -0.2) is 0 Å². The Kier molecular flexibility index (Phi) is 5.59. The van der Waals surface area contributed by atoms with E-state index in [1.54, 1.807) is 30.3 Å². The summed E-state index contributed by atoms with van der Waals surface area (Å²) in [6.45, 7) is 0. The molecule has 1 unspecified atom stereocenters. The van der Waals surface area contributed by atoms with Gasteiger partial charge in [0, 0.05) is 0 Å². The molecule has 0 spiro atoms. The zero-order valence-corrected chi connectivity index (χ0v) is 11.0. The van der Waals surface area contributed by atoms with Crippen molar-refractivity contribution in [2.45, 2.75) is 31.4 Å². The third-order valence-corrected chi connectivity index (χ3v) is 3.60. The highest BCUT2D eigenvalue weighted by molar-refractivity contribution is 7.48. The maximum atomic E-state index is 12.5. The van der Waals surface area contributed by atoms with Crippen molar-refractivity contribution < 1.29 is 27.5 Å². The highest BCUT2D eigenvalue weighted by atomic mass is 31.2. The lowest BCUT2D eigenvalue weighted by Crippen LogP contribution is -2.18. The molecule has 0 bridgehead atoms. The minimum absolute atomic E-state index is 0.0258. The lowest BCUT2D eigenvalue weighted by Gasteiger charge is -2.30. The van der Waals surface area contributed by atoms with Gasteiger partial charge in [0.15, 0.2) is 0 Å². The smallest absolute Gasteiger partial charge is 0.389 e. The summed E-state index contributed by atoms with van der Waals surface area (Å²) in [5, 5.41) is 0. The van der Waals surface area contributed by atoms with Gasteiger partial charge in [0.2, 0.25) is 0 Å². The van der Waals surface area contributed by atoms with E-state index in [2.05, 4.69) is 0 Å². The zero-order chi connectivity index (χ0) is 14.5. The summed E-state index contributed by atoms with van der Waals surface area (Å²) in [5.41, 5.74) is 0.506. The van der Waals surface area contributed by atoms with E-state index in [9.17, 15) is 27.5 Å². The highest BCUT2D eigenvalue weighted by Gasteiger charge is 2.32. The van der Waals surface area contributed by atoms with Gasteiger partial charge in [-0.2, -0.15) is 13.2 Å². The molecule has 19 heavy (non-hydrogen) atoms. The number of alkyl halides is 3. The first kappa shape index (κ1) is 16.2. The van der Waals surface area contributed by atoms with Crippen molar-refractivity contribution in [3.8, 4) is 0 Å². The SMILES string of the molecule is O=P([O-])([O-])CCCC(CC(F)(F)F)c1ccccc1. The van der Waals surface area contributed by atoms with E-state index in [4.69, 9.17) is 0 Å². The Morgan fingerprint density at radius 2 is 1.74 bits per heavy atom. The third kappa shape index (κ3) is 7.35. The van der Waals surface area contributed by atoms with Crippen LogP contribution in [0.1, 0.15) is 30.7 Å². The van der Waals surface area contributed by atoms with E-state index in [-0.39, 0.29) is 12.8 Å². The Labute approximate surface area is 109 Å². The molecular weight excluding hydrogens is 280 g/mol. The Morgan fingerprint density at radius 3 is 2.21 bits per heavy atom. The van der Waals surface area contributed by atoms with Crippen LogP contribution in [-0.4, -0.2) is 12.3 Å². The van der Waals surface area contributed by atoms with Crippen LogP contribution in [0.2, 0.25) is 0 Å². The molecule has 0 N–H and O–H groups in total. The van der Waals surface area contributed by atoms with Gasteiger partial charge in [-0.15, -0.1) is 0 Å². The average molecular weight is 294 g/mol. The minimum atomic E-state index is -4.65. The molecule has 0 aliphatic rings. The lowest BCUT2D eigenvalue weighted by molar-refractivity contribution is -0.313. The molecule has 1 aromatic carbocycles. The standard InChI is InChI=1S/C12H16F3O3P/c13-12(14,15)9-11(7-4-8-19(16,17)18)10-5-2-1-3-6-10/h1-3,5-6,11H,4,7-9H2,(H2,16,17,18)/p-2. The van der Waals surface area contributed by atoms with Crippen LogP contribution in [0.5, 0.6) is 0 Å². The van der Waals surface area contributed by atoms with E-state index in [1.807, 2.05) is 0 Å². The molecule has 1 atom stereocenters. The summed E-state index contributed by atoms with van der Waals surface area (Å²) in [4.78, 5) is 21.0. The molecule has 0 saturated heterocycles. The second-order valence-electron chi connectivity index (χ2n) is 4.40. The van der Waals surface area contributed by atoms with Crippen LogP contribution in [0.15, 0.2) is 30.3 Å². The molecule has 0 radical (unpaired) electrons. The van der Waals surface area contributed by atoms with Gasteiger partial charge in [0.05, 0.1) is 6.42 Å². The molecule has 1 rings (SSSR count). The van der Waals surface area contributed by atoms with E-state index < -0.39 is 32.3 Å². The largest absolute Gasteiger partial charge is 0.811 e. The zero-order valence-electron chi connectivity index (χ0n) is 10.1. The molecule has 3 nitrogen and oxygen atoms in total. The fraction of sp³-hybridized carbons (Fsp3) is 0.500. The van der Waals surface area contributed by atoms with Crippen LogP contribution in [0.25, 0.3) is 0 Å². The monoisotopic (exact) mass is 294 g/mol. The minimum Gasteiger partial charge on any atom is -0.811 e. The molecule has 0 amide bonds. The molecule has 0 heterocycles. The number of hydrogen-bond donors (Lipinski definition) is 0. The molecule has 0 saturated carbocycles. The van der Waals surface area contributed by atoms with Gasteiger partial charge in [-0.1, -0.05) is 37.9 Å². The summed E-state index contributed by atoms with van der Waals surface area (Å²) in [6, 6.07) is 8.10. The third-order valence-electron chi connectivity index (χ3n) is 2.73. The maximum absolute atomic E-state index is 12.5. The van der Waals surface area contributed by atoms with Crippen LogP contribution in [-0.2, 0) is 4.57 Å². The molecule has 0 aliphatic carbocycles. The normalized spacial score (nSPS) is 14.4. The molecule has 0 fully saturated rings. The van der Waals surface area contributed by atoms with Crippen LogP contribution in [0.4, 0.5) is 13.2 Å². The Bertz CT molecular complexity index is 428. The van der Waals surface area contributed by atoms with Gasteiger partial charge in [0.1, 0.15) is 0 Å². The van der Waals surface area contributed by atoms with Crippen molar-refractivity contribution in [2.24, 2.45) is 0 Å². The first-order chi connectivity index (χ1) is 8.67. The molecule has 0 aromatic heterocycles. The fourth-order valence-corrected chi connectivity index (χ4v) is 2.49. The van der Waals surface area contributed by atoms with Gasteiger partial charge >= 0.3 is 6.18 Å². The number of rotatable bonds is 6. The summed E-state index contributed by atoms with van der Waals surface area (Å²) >= 11 is 0. The average Bonchev–Trinajstić information content (AvgIpc) is 2.25. The van der Waals surface area contributed by atoms with E-state index in [0.29, 0.717) is 5.56 Å². The predicted octanol–water partition coefficient (Wildman–Crippen LogP) is 2.42. The molecule has 108 valence electrons. The Balaban J connectivity index is 2.68. The summed E-state index contributed by atoms with van der Waals surface area (Å²) in [5.74, 6) is -0.812. The Morgan fingerprint density at radius 1 is 1.16 bits per heavy atom. The van der Waals surface area contributed by atoms with Gasteiger partial charge < -0.3 is 14.4 Å². The topological polar surface area (TPSA) is 63.2 Å². The molecular formula is C12H14F3O3P-2. The maximum Gasteiger partial charge on any atom is 0.389 e. The van der Waals surface area contributed by atoms with Crippen LogP contribution >= 0.6 is 7.60 Å². The van der Waals surface area contributed by atoms with Crippen LogP contribution in [0, 0.1) is 0 Å². The molecule has 1 aromatic rings. The second kappa shape index (κ2) is 6.55. The van der Waals surface area contributed by atoms with E-state index in [1.165, 1.54) is 0 Å². The van der Waals surface area contributed by atoms with E-state index in [0.717, 1.165) is 0 Å². The van der Waals surface area contributed by atoms with Gasteiger partial charge in [0.25, 0.3) is 0 Å². The summed E-state index contributed by atoms with van der Waals surface area (Å²) in [6.07, 6.45) is -5.97. The van der Waals surface area contributed by atoms with Crippen molar-refractivity contribution in [3.05, 3.63) is 35.9 Å². The quantitative estimate of drug-likeness (QED) is 0.757. The molecule has 0 aliphatic heterocycles. The Hall–Kier alpha value is -0.840. The lowest BCUT2D eigenvalue weighted by atomic mass is 9.91. The van der Waals surface area contributed by atoms with Crippen LogP contribution in [0.3, 0.4) is 0 Å². The fourth-order valence-electron chi connectivity index (χ4n) is 1.92. The van der Waals surface area contributed by atoms with Crippen molar-refractivity contribution >= 4 is 7.60 Å². The second-order valence-corrected chi connectivity index (χ2v) is 6.07. The van der Waals surface area contributed by atoms with Crippen molar-refractivity contribution in [1.82, 2.24) is 0 Å². The predicted molar refractivity (Wildman–Crippen MR) is 61.6 cm³/mol. The summed E-state index contributed by atoms with van der Waals surface area (Å²) < 4.78 is 47.9. The van der Waals surface area contributed by atoms with Gasteiger partial charge in [-0.05, 0) is 30.5 Å².